The van der Waals surface area contributed by atoms with Crippen LogP contribution in [0.3, 0.4) is 0 Å². The average Bonchev–Trinajstić information content (AvgIpc) is 3.58. The van der Waals surface area contributed by atoms with Crippen molar-refractivity contribution in [2.75, 3.05) is 0 Å². The van der Waals surface area contributed by atoms with E-state index in [1.165, 1.54) is 32.0 Å². The molecule has 0 saturated carbocycles. The molecule has 35 heavy (non-hydrogen) atoms. The molecule has 0 amide bonds. The molecule has 2 atom stereocenters. The van der Waals surface area contributed by atoms with Crippen LogP contribution >= 0.6 is 17.0 Å². The van der Waals surface area contributed by atoms with E-state index in [0.29, 0.717) is 11.8 Å². The normalized spacial score (nSPS) is 22.1. The predicted octanol–water partition coefficient (Wildman–Crippen LogP) is 4.32. The third-order valence-corrected chi connectivity index (χ3v) is 15.1. The molecule has 0 aromatic carbocycles. The zero-order valence-electron chi connectivity index (χ0n) is 22.5. The first-order valence-electron chi connectivity index (χ1n) is 11.9. The van der Waals surface area contributed by atoms with Gasteiger partial charge in [-0.3, -0.25) is 0 Å². The molecule has 0 bridgehead atoms. The Hall–Kier alpha value is 0.846. The summed E-state index contributed by atoms with van der Waals surface area (Å²) in [6, 6.07) is 0. The summed E-state index contributed by atoms with van der Waals surface area (Å²) in [5.41, 5.74) is 12.4. The van der Waals surface area contributed by atoms with Crippen LogP contribution in [0, 0.1) is 11.8 Å². The van der Waals surface area contributed by atoms with E-state index in [0.717, 1.165) is 6.42 Å². The maximum atomic E-state index is 5.74. The van der Waals surface area contributed by atoms with Gasteiger partial charge in [-0.25, -0.2) is 0 Å². The van der Waals surface area contributed by atoms with E-state index in [4.69, 9.17) is 17.0 Å². The maximum absolute atomic E-state index is 5.74. The Morgan fingerprint density at radius 2 is 1.14 bits per heavy atom. The standard InChI is InChI=1S/C18H26.2C5H5.CH3.4ClH.2Zr/c1-9-10(2)14(6)17(13(9)5)18-15(7)11(3)12(4)16(18)8;2*1-2-4-5-3-1;;;;;;;/h13,15H,1-8H3;2*1-3H,4H2;1H3;4*1H;;/q;;;;;;;;2*+2/p-4. The molecule has 0 fully saturated rings. The van der Waals surface area contributed by atoms with Gasteiger partial charge in [0.25, 0.3) is 0 Å². The summed E-state index contributed by atoms with van der Waals surface area (Å²) in [7, 11) is 11.5. The third-order valence-electron chi connectivity index (χ3n) is 7.68. The summed E-state index contributed by atoms with van der Waals surface area (Å²) in [4.78, 5) is 0. The van der Waals surface area contributed by atoms with Gasteiger partial charge in [0.05, 0.1) is 0 Å². The van der Waals surface area contributed by atoms with Gasteiger partial charge in [0.2, 0.25) is 0 Å². The first-order chi connectivity index (χ1) is 15.5. The van der Waals surface area contributed by atoms with Crippen LogP contribution in [0.2, 0.25) is 4.63 Å². The molecule has 191 valence electrons. The molecule has 6 heteroatoms. The molecule has 0 aromatic rings. The van der Waals surface area contributed by atoms with Crippen molar-refractivity contribution in [1.29, 1.82) is 0 Å². The van der Waals surface area contributed by atoms with Gasteiger partial charge in [-0.15, -0.1) is 0 Å². The Morgan fingerprint density at radius 1 is 0.714 bits per heavy atom. The quantitative estimate of drug-likeness (QED) is 0.410. The molecule has 0 spiro atoms. The van der Waals surface area contributed by atoms with Crippen molar-refractivity contribution in [3.63, 3.8) is 0 Å². The molecule has 4 rings (SSSR count). The molecule has 0 aliphatic heterocycles. The third kappa shape index (κ3) is 8.94. The summed E-state index contributed by atoms with van der Waals surface area (Å²) in [5, 5.41) is 0. The van der Waals surface area contributed by atoms with Crippen molar-refractivity contribution >= 4 is 17.0 Å². The van der Waals surface area contributed by atoms with Crippen molar-refractivity contribution in [2.24, 2.45) is 11.8 Å². The van der Waals surface area contributed by atoms with Crippen molar-refractivity contribution in [3.8, 4) is 0 Å². The van der Waals surface area contributed by atoms with E-state index >= 15 is 0 Å². The second-order valence-corrected chi connectivity index (χ2v) is 20.6. The monoisotopic (exact) mass is 707 g/mol. The van der Waals surface area contributed by atoms with Crippen molar-refractivity contribution in [1.82, 2.24) is 0 Å². The number of allylic oxidation sites excluding steroid dienone is 16. The van der Waals surface area contributed by atoms with E-state index < -0.39 is 19.4 Å². The van der Waals surface area contributed by atoms with Gasteiger partial charge in [-0.05, 0) is 75.0 Å². The second kappa shape index (κ2) is 16.7. The van der Waals surface area contributed by atoms with Crippen LogP contribution in [-0.4, -0.2) is 0 Å². The fraction of sp³-hybridized carbons (Fsp3) is 0.448. The van der Waals surface area contributed by atoms with Gasteiger partial charge in [0, 0.05) is 11.8 Å². The molecule has 0 radical (unpaired) electrons. The van der Waals surface area contributed by atoms with Crippen LogP contribution in [0.1, 0.15) is 68.2 Å². The molecule has 2 unspecified atom stereocenters. The first kappa shape index (κ1) is 35.8. The van der Waals surface area contributed by atoms with Gasteiger partial charge < -0.3 is 24.8 Å². The van der Waals surface area contributed by atoms with Gasteiger partial charge in [0.1, 0.15) is 0 Å². The van der Waals surface area contributed by atoms with Crippen LogP contribution in [0.5, 0.6) is 0 Å². The second-order valence-electron chi connectivity index (χ2n) is 9.30. The summed E-state index contributed by atoms with van der Waals surface area (Å²) >= 11 is -2.01. The Bertz CT molecular complexity index is 967. The van der Waals surface area contributed by atoms with Gasteiger partial charge >= 0.3 is 120 Å². The predicted molar refractivity (Wildman–Crippen MR) is 142 cm³/mol. The molecule has 0 nitrogen and oxygen atoms in total. The van der Waals surface area contributed by atoms with Crippen molar-refractivity contribution in [3.05, 3.63) is 87.6 Å². The minimum atomic E-state index is -1.96. The summed E-state index contributed by atoms with van der Waals surface area (Å²) in [6.45, 7) is 18.5. The number of hydrogen-bond donors (Lipinski definition) is 0. The van der Waals surface area contributed by atoms with E-state index in [-0.39, 0.29) is 48.0 Å². The zero-order valence-corrected chi connectivity index (χ0v) is 30.5. The fourth-order valence-corrected chi connectivity index (χ4v) is 9.13. The minimum absolute atomic E-state index is 0. The SMILES string of the molecule is CC1=C(C)C(C)C(C2=C(C)C(C)=C(C)C2C)=C1C.[CH3][Zr+2][C]1=CC=CC1.[Cl-].[Cl-].[Cl][Zr]([Cl])[C]1=CC=CC1. The molecular formula is C29H39Cl4Zr2. The van der Waals surface area contributed by atoms with Crippen LogP contribution in [-0.2, 0) is 42.6 Å². The molecule has 4 aliphatic carbocycles. The van der Waals surface area contributed by atoms with Crippen molar-refractivity contribution in [2.45, 2.75) is 72.9 Å². The van der Waals surface area contributed by atoms with Crippen LogP contribution in [0.15, 0.2) is 87.6 Å². The topological polar surface area (TPSA) is 0 Å². The Labute approximate surface area is 254 Å². The first-order valence-corrected chi connectivity index (χ1v) is 23.1. The van der Waals surface area contributed by atoms with Crippen LogP contribution in [0.25, 0.3) is 0 Å². The van der Waals surface area contributed by atoms with E-state index in [2.05, 4.69) is 84.3 Å². The molecule has 0 N–H and O–H groups in total. The Kier molecular flexibility index (Phi) is 17.1. The summed E-state index contributed by atoms with van der Waals surface area (Å²) < 4.78 is 5.38. The summed E-state index contributed by atoms with van der Waals surface area (Å²) in [6.07, 6.45) is 15.1. The fourth-order valence-electron chi connectivity index (χ4n) is 4.82. The Balaban J connectivity index is 0.000000566. The van der Waals surface area contributed by atoms with Crippen LogP contribution < -0.4 is 24.8 Å². The molecule has 4 aliphatic rings. The van der Waals surface area contributed by atoms with Gasteiger partial charge in [-0.1, -0.05) is 25.0 Å². The molecule has 0 aromatic heterocycles. The molecule has 0 heterocycles. The van der Waals surface area contributed by atoms with Crippen molar-refractivity contribution < 1.29 is 67.4 Å². The van der Waals surface area contributed by atoms with Gasteiger partial charge in [-0.2, -0.15) is 0 Å². The zero-order chi connectivity index (χ0) is 24.9. The Morgan fingerprint density at radius 3 is 1.34 bits per heavy atom. The summed E-state index contributed by atoms with van der Waals surface area (Å²) in [5.74, 6) is 1.19. The number of hydrogen-bond acceptors (Lipinski definition) is 0. The molecule has 0 saturated heterocycles. The van der Waals surface area contributed by atoms with E-state index in [1.807, 2.05) is 12.2 Å². The average molecular weight is 712 g/mol. The van der Waals surface area contributed by atoms with E-state index in [9.17, 15) is 0 Å². The molecular weight excluding hydrogens is 673 g/mol. The van der Waals surface area contributed by atoms with Gasteiger partial charge in [0.15, 0.2) is 0 Å². The van der Waals surface area contributed by atoms with Crippen LogP contribution in [0.4, 0.5) is 0 Å². The number of halogens is 4. The number of rotatable bonds is 3. The van der Waals surface area contributed by atoms with E-state index in [1.54, 1.807) is 25.6 Å².